The molecule has 0 aromatic heterocycles. The van der Waals surface area contributed by atoms with E-state index in [0.29, 0.717) is 11.7 Å². The SMILES string of the molecule is CSCC[C@@H](N)C(=O)Nc1ccccc1SC1CCCC1. The van der Waals surface area contributed by atoms with E-state index in [9.17, 15) is 4.79 Å². The van der Waals surface area contributed by atoms with Crippen molar-refractivity contribution < 1.29 is 4.79 Å². The quantitative estimate of drug-likeness (QED) is 0.802. The van der Waals surface area contributed by atoms with Crippen molar-refractivity contribution in [3.05, 3.63) is 24.3 Å². The normalized spacial score (nSPS) is 16.9. The van der Waals surface area contributed by atoms with Crippen molar-refractivity contribution in [2.24, 2.45) is 5.73 Å². The molecule has 1 aromatic carbocycles. The van der Waals surface area contributed by atoms with Crippen molar-refractivity contribution in [3.63, 3.8) is 0 Å². The molecule has 0 spiro atoms. The second-order valence-electron chi connectivity index (χ2n) is 5.40. The number of nitrogens with one attached hydrogen (secondary N) is 1. The number of nitrogens with two attached hydrogens (primary N) is 1. The van der Waals surface area contributed by atoms with Crippen LogP contribution in [0.3, 0.4) is 0 Å². The van der Waals surface area contributed by atoms with Crippen LogP contribution >= 0.6 is 23.5 Å². The van der Waals surface area contributed by atoms with E-state index in [4.69, 9.17) is 5.73 Å². The van der Waals surface area contributed by atoms with Crippen LogP contribution in [0, 0.1) is 0 Å². The molecule has 116 valence electrons. The van der Waals surface area contributed by atoms with Crippen molar-refractivity contribution >= 4 is 35.1 Å². The molecule has 2 rings (SSSR count). The van der Waals surface area contributed by atoms with Crippen molar-refractivity contribution in [2.45, 2.75) is 48.3 Å². The molecular formula is C16H24N2OS2. The van der Waals surface area contributed by atoms with Crippen molar-refractivity contribution in [1.29, 1.82) is 0 Å². The van der Waals surface area contributed by atoms with Gasteiger partial charge in [0.15, 0.2) is 0 Å². The Morgan fingerprint density at radius 2 is 2.10 bits per heavy atom. The zero-order chi connectivity index (χ0) is 15.1. The van der Waals surface area contributed by atoms with Crippen molar-refractivity contribution in [2.75, 3.05) is 17.3 Å². The van der Waals surface area contributed by atoms with Gasteiger partial charge in [0.25, 0.3) is 0 Å². The van der Waals surface area contributed by atoms with Crippen LogP contribution in [0.15, 0.2) is 29.2 Å². The molecule has 0 radical (unpaired) electrons. The Balaban J connectivity index is 1.97. The fourth-order valence-corrected chi connectivity index (χ4v) is 4.28. The summed E-state index contributed by atoms with van der Waals surface area (Å²) >= 11 is 3.60. The molecule has 0 heterocycles. The van der Waals surface area contributed by atoms with E-state index in [-0.39, 0.29) is 5.91 Å². The molecule has 1 aromatic rings. The Bertz CT molecular complexity index is 461. The topological polar surface area (TPSA) is 55.1 Å². The number of carbonyl (C=O) groups excluding carboxylic acids is 1. The first-order valence-electron chi connectivity index (χ1n) is 7.51. The summed E-state index contributed by atoms with van der Waals surface area (Å²) in [5, 5.41) is 3.69. The number of rotatable bonds is 7. The van der Waals surface area contributed by atoms with E-state index in [0.717, 1.165) is 16.3 Å². The van der Waals surface area contributed by atoms with E-state index in [2.05, 4.69) is 11.4 Å². The minimum atomic E-state index is -0.429. The minimum Gasteiger partial charge on any atom is -0.324 e. The highest BCUT2D eigenvalue weighted by Gasteiger charge is 2.19. The van der Waals surface area contributed by atoms with Crippen LogP contribution in [-0.2, 0) is 4.79 Å². The van der Waals surface area contributed by atoms with E-state index in [1.54, 1.807) is 11.8 Å². The second kappa shape index (κ2) is 8.71. The Morgan fingerprint density at radius 1 is 1.38 bits per heavy atom. The number of hydrogen-bond donors (Lipinski definition) is 2. The van der Waals surface area contributed by atoms with E-state index in [1.165, 1.54) is 25.7 Å². The molecule has 0 aliphatic heterocycles. The molecule has 0 saturated heterocycles. The second-order valence-corrected chi connectivity index (χ2v) is 7.73. The summed E-state index contributed by atoms with van der Waals surface area (Å²) in [6, 6.07) is 7.62. The monoisotopic (exact) mass is 324 g/mol. The van der Waals surface area contributed by atoms with Crippen LogP contribution < -0.4 is 11.1 Å². The van der Waals surface area contributed by atoms with Gasteiger partial charge in [0, 0.05) is 10.1 Å². The first-order valence-corrected chi connectivity index (χ1v) is 9.79. The molecule has 5 heteroatoms. The van der Waals surface area contributed by atoms with Crippen LogP contribution in [0.1, 0.15) is 32.1 Å². The number of anilines is 1. The van der Waals surface area contributed by atoms with Gasteiger partial charge in [-0.15, -0.1) is 11.8 Å². The van der Waals surface area contributed by atoms with E-state index in [1.807, 2.05) is 36.2 Å². The number of thioether (sulfide) groups is 2. The molecule has 21 heavy (non-hydrogen) atoms. The molecule has 1 amide bonds. The average Bonchev–Trinajstić information content (AvgIpc) is 2.99. The summed E-state index contributed by atoms with van der Waals surface area (Å²) < 4.78 is 0. The zero-order valence-corrected chi connectivity index (χ0v) is 14.1. The molecule has 0 bridgehead atoms. The predicted octanol–water partition coefficient (Wildman–Crippen LogP) is 3.74. The molecule has 1 atom stereocenters. The van der Waals surface area contributed by atoms with Crippen LogP contribution in [0.25, 0.3) is 0 Å². The van der Waals surface area contributed by atoms with E-state index >= 15 is 0 Å². The Labute approximate surface area is 135 Å². The van der Waals surface area contributed by atoms with Gasteiger partial charge in [-0.05, 0) is 43.4 Å². The van der Waals surface area contributed by atoms with Crippen molar-refractivity contribution in [1.82, 2.24) is 0 Å². The summed E-state index contributed by atoms with van der Waals surface area (Å²) in [6.45, 7) is 0. The highest BCUT2D eigenvalue weighted by atomic mass is 32.2. The first-order chi connectivity index (χ1) is 10.2. The van der Waals surface area contributed by atoms with Crippen LogP contribution in [0.5, 0.6) is 0 Å². The Kier molecular flexibility index (Phi) is 6.93. The highest BCUT2D eigenvalue weighted by Crippen LogP contribution is 2.38. The van der Waals surface area contributed by atoms with Gasteiger partial charge in [0.1, 0.15) is 0 Å². The number of para-hydroxylation sites is 1. The van der Waals surface area contributed by atoms with Gasteiger partial charge >= 0.3 is 0 Å². The average molecular weight is 325 g/mol. The molecule has 1 saturated carbocycles. The highest BCUT2D eigenvalue weighted by molar-refractivity contribution is 8.00. The first kappa shape index (κ1) is 16.7. The van der Waals surface area contributed by atoms with Gasteiger partial charge in [0.05, 0.1) is 11.7 Å². The summed E-state index contributed by atoms with van der Waals surface area (Å²) in [5.41, 5.74) is 6.83. The van der Waals surface area contributed by atoms with Crippen LogP contribution in [0.4, 0.5) is 5.69 Å². The molecular weight excluding hydrogens is 300 g/mol. The summed E-state index contributed by atoms with van der Waals surface area (Å²) in [4.78, 5) is 13.3. The van der Waals surface area contributed by atoms with Gasteiger partial charge in [-0.25, -0.2) is 0 Å². The lowest BCUT2D eigenvalue weighted by Crippen LogP contribution is -2.36. The number of amides is 1. The summed E-state index contributed by atoms with van der Waals surface area (Å²) in [6.07, 6.45) is 7.95. The molecule has 3 N–H and O–H groups in total. The molecule has 1 aliphatic carbocycles. The predicted molar refractivity (Wildman–Crippen MR) is 94.2 cm³/mol. The Hall–Kier alpha value is -0.650. The van der Waals surface area contributed by atoms with Crippen LogP contribution in [0.2, 0.25) is 0 Å². The maximum atomic E-state index is 12.2. The molecule has 1 aliphatic rings. The lowest BCUT2D eigenvalue weighted by Gasteiger charge is -2.16. The minimum absolute atomic E-state index is 0.0801. The lowest BCUT2D eigenvalue weighted by atomic mass is 10.2. The summed E-state index contributed by atoms with van der Waals surface area (Å²) in [7, 11) is 0. The maximum absolute atomic E-state index is 12.2. The number of hydrogen-bond acceptors (Lipinski definition) is 4. The van der Waals surface area contributed by atoms with Crippen LogP contribution in [-0.4, -0.2) is 29.2 Å². The third kappa shape index (κ3) is 5.24. The maximum Gasteiger partial charge on any atom is 0.241 e. The number of benzene rings is 1. The molecule has 3 nitrogen and oxygen atoms in total. The van der Waals surface area contributed by atoms with Gasteiger partial charge in [0.2, 0.25) is 5.91 Å². The van der Waals surface area contributed by atoms with E-state index < -0.39 is 6.04 Å². The largest absolute Gasteiger partial charge is 0.324 e. The smallest absolute Gasteiger partial charge is 0.241 e. The molecule has 0 unspecified atom stereocenters. The third-order valence-corrected chi connectivity index (χ3v) is 5.77. The standard InChI is InChI=1S/C16H24N2OS2/c1-20-11-10-13(17)16(19)18-14-8-4-5-9-15(14)21-12-6-2-3-7-12/h4-5,8-9,12-13H,2-3,6-7,10-11,17H2,1H3,(H,18,19)/t13-/m1/s1. The fourth-order valence-electron chi connectivity index (χ4n) is 2.46. The fraction of sp³-hybridized carbons (Fsp3) is 0.562. The summed E-state index contributed by atoms with van der Waals surface area (Å²) in [5.74, 6) is 0.830. The molecule has 1 fully saturated rings. The van der Waals surface area contributed by atoms with Crippen molar-refractivity contribution in [3.8, 4) is 0 Å². The van der Waals surface area contributed by atoms with Gasteiger partial charge in [-0.2, -0.15) is 11.8 Å². The van der Waals surface area contributed by atoms with Gasteiger partial charge in [-0.1, -0.05) is 25.0 Å². The third-order valence-electron chi connectivity index (χ3n) is 3.71. The zero-order valence-electron chi connectivity index (χ0n) is 12.5. The van der Waals surface area contributed by atoms with Gasteiger partial charge < -0.3 is 11.1 Å². The number of carbonyl (C=O) groups is 1. The van der Waals surface area contributed by atoms with Gasteiger partial charge in [-0.3, -0.25) is 4.79 Å². The Morgan fingerprint density at radius 3 is 2.81 bits per heavy atom. The lowest BCUT2D eigenvalue weighted by molar-refractivity contribution is -0.117.